The van der Waals surface area contributed by atoms with Gasteiger partial charge in [-0.2, -0.15) is 0 Å². The summed E-state index contributed by atoms with van der Waals surface area (Å²) in [7, 11) is 0. The molecule has 4 heteroatoms. The minimum Gasteiger partial charge on any atom is -0.392 e. The molecule has 0 unspecified atom stereocenters. The lowest BCUT2D eigenvalue weighted by molar-refractivity contribution is 0.281. The van der Waals surface area contributed by atoms with Gasteiger partial charge in [0.05, 0.1) is 22.4 Å². The second kappa shape index (κ2) is 4.40. The molecule has 3 aromatic rings. The fourth-order valence-electron chi connectivity index (χ4n) is 1.97. The van der Waals surface area contributed by atoms with E-state index in [1.807, 2.05) is 48.5 Å². The van der Waals surface area contributed by atoms with Gasteiger partial charge in [-0.05, 0) is 18.2 Å². The van der Waals surface area contributed by atoms with Crippen molar-refractivity contribution < 1.29 is 5.11 Å². The number of aliphatic hydroxyl groups excluding tert-OH is 1. The van der Waals surface area contributed by atoms with E-state index < -0.39 is 0 Å². The van der Waals surface area contributed by atoms with Gasteiger partial charge < -0.3 is 5.11 Å². The van der Waals surface area contributed by atoms with Crippen molar-refractivity contribution >= 4 is 21.6 Å². The zero-order chi connectivity index (χ0) is 12.5. The van der Waals surface area contributed by atoms with Crippen LogP contribution in [0.4, 0.5) is 0 Å². The first-order valence-corrected chi connectivity index (χ1v) is 6.39. The van der Waals surface area contributed by atoms with Gasteiger partial charge in [0.15, 0.2) is 0 Å². The Hall–Kier alpha value is -1.91. The van der Waals surface area contributed by atoms with Crippen LogP contribution in [0.15, 0.2) is 53.3 Å². The van der Waals surface area contributed by atoms with Gasteiger partial charge in [-0.1, -0.05) is 41.9 Å². The van der Waals surface area contributed by atoms with Crippen LogP contribution in [0.5, 0.6) is 0 Å². The van der Waals surface area contributed by atoms with Crippen LogP contribution in [0.2, 0.25) is 0 Å². The van der Waals surface area contributed by atoms with Crippen LogP contribution in [0, 0.1) is 0 Å². The molecule has 1 aromatic heterocycles. The molecule has 0 bridgehead atoms. The standard InChI is InChI=1S/C14H11NO2S/c16-9-10-5-1-3-7-12(10)15-14(17)11-6-2-4-8-13(11)18-15/h1-8,16H,9H2. The Kier molecular flexibility index (Phi) is 2.74. The zero-order valence-electron chi connectivity index (χ0n) is 9.54. The Bertz CT molecular complexity index is 758. The van der Waals surface area contributed by atoms with Crippen molar-refractivity contribution in [3.05, 3.63) is 64.4 Å². The smallest absolute Gasteiger partial charge is 0.273 e. The van der Waals surface area contributed by atoms with Crippen LogP contribution in [0.25, 0.3) is 15.8 Å². The summed E-state index contributed by atoms with van der Waals surface area (Å²) in [6.07, 6.45) is 0. The van der Waals surface area contributed by atoms with E-state index in [-0.39, 0.29) is 12.2 Å². The SMILES string of the molecule is O=c1c2ccccc2sn1-c1ccccc1CO. The van der Waals surface area contributed by atoms with Crippen molar-refractivity contribution in [3.8, 4) is 5.69 Å². The first-order chi connectivity index (χ1) is 8.81. The third-order valence-electron chi connectivity index (χ3n) is 2.87. The van der Waals surface area contributed by atoms with E-state index in [0.717, 1.165) is 21.3 Å². The van der Waals surface area contributed by atoms with Crippen LogP contribution < -0.4 is 5.56 Å². The minimum absolute atomic E-state index is 0.0310. The molecule has 0 fully saturated rings. The maximum Gasteiger partial charge on any atom is 0.273 e. The summed E-state index contributed by atoms with van der Waals surface area (Å²) in [6, 6.07) is 14.9. The van der Waals surface area contributed by atoms with Gasteiger partial charge in [0.25, 0.3) is 5.56 Å². The summed E-state index contributed by atoms with van der Waals surface area (Å²) in [5.41, 5.74) is 1.48. The van der Waals surface area contributed by atoms with E-state index in [0.29, 0.717) is 0 Å². The van der Waals surface area contributed by atoms with Gasteiger partial charge in [0.2, 0.25) is 0 Å². The topological polar surface area (TPSA) is 42.2 Å². The van der Waals surface area contributed by atoms with Crippen molar-refractivity contribution in [2.24, 2.45) is 0 Å². The third kappa shape index (κ3) is 1.66. The van der Waals surface area contributed by atoms with Crippen molar-refractivity contribution in [1.29, 1.82) is 0 Å². The lowest BCUT2D eigenvalue weighted by atomic mass is 10.2. The molecule has 0 spiro atoms. The lowest BCUT2D eigenvalue weighted by Crippen LogP contribution is -2.12. The average molecular weight is 257 g/mol. The number of hydrogen-bond donors (Lipinski definition) is 1. The molecule has 2 aromatic carbocycles. The monoisotopic (exact) mass is 257 g/mol. The van der Waals surface area contributed by atoms with E-state index in [1.165, 1.54) is 11.5 Å². The molecule has 18 heavy (non-hydrogen) atoms. The molecular formula is C14H11NO2S. The predicted molar refractivity (Wildman–Crippen MR) is 73.3 cm³/mol. The average Bonchev–Trinajstić information content (AvgIpc) is 2.76. The second-order valence-electron chi connectivity index (χ2n) is 3.97. The molecule has 0 saturated carbocycles. The minimum atomic E-state index is -0.0726. The third-order valence-corrected chi connectivity index (χ3v) is 3.97. The van der Waals surface area contributed by atoms with Crippen LogP contribution in [0.1, 0.15) is 5.56 Å². The van der Waals surface area contributed by atoms with Crippen molar-refractivity contribution in [3.63, 3.8) is 0 Å². The highest BCUT2D eigenvalue weighted by molar-refractivity contribution is 7.14. The lowest BCUT2D eigenvalue weighted by Gasteiger charge is -2.05. The van der Waals surface area contributed by atoms with Crippen LogP contribution >= 0.6 is 11.5 Å². The molecule has 0 amide bonds. The molecule has 0 aliphatic heterocycles. The van der Waals surface area contributed by atoms with Crippen molar-refractivity contribution in [1.82, 2.24) is 3.96 Å². The molecule has 3 nitrogen and oxygen atoms in total. The predicted octanol–water partition coefficient (Wildman–Crippen LogP) is 2.54. The fourth-order valence-corrected chi connectivity index (χ4v) is 3.02. The summed E-state index contributed by atoms with van der Waals surface area (Å²) < 4.78 is 2.59. The number of aliphatic hydroxyl groups is 1. The Morgan fingerprint density at radius 2 is 1.78 bits per heavy atom. The van der Waals surface area contributed by atoms with Crippen molar-refractivity contribution in [2.45, 2.75) is 6.61 Å². The summed E-state index contributed by atoms with van der Waals surface area (Å²) >= 11 is 1.40. The van der Waals surface area contributed by atoms with Gasteiger partial charge >= 0.3 is 0 Å². The molecule has 0 aliphatic carbocycles. The van der Waals surface area contributed by atoms with Crippen LogP contribution in [-0.2, 0) is 6.61 Å². The molecule has 0 aliphatic rings. The molecule has 0 atom stereocenters. The number of aromatic nitrogens is 1. The normalized spacial score (nSPS) is 10.9. The maximum atomic E-state index is 12.3. The number of fused-ring (bicyclic) bond motifs is 1. The molecule has 0 saturated heterocycles. The van der Waals surface area contributed by atoms with E-state index in [1.54, 1.807) is 3.96 Å². The number of benzene rings is 2. The summed E-state index contributed by atoms with van der Waals surface area (Å²) in [5, 5.41) is 10.1. The van der Waals surface area contributed by atoms with Gasteiger partial charge in [-0.3, -0.25) is 4.79 Å². The second-order valence-corrected chi connectivity index (χ2v) is 4.96. The van der Waals surface area contributed by atoms with E-state index in [9.17, 15) is 9.90 Å². The Balaban J connectivity index is 2.32. The largest absolute Gasteiger partial charge is 0.392 e. The number of para-hydroxylation sites is 1. The van der Waals surface area contributed by atoms with Crippen LogP contribution in [0.3, 0.4) is 0 Å². The summed E-state index contributed by atoms with van der Waals surface area (Å²) in [5.74, 6) is 0. The van der Waals surface area contributed by atoms with Gasteiger partial charge in [-0.15, -0.1) is 0 Å². The molecule has 1 heterocycles. The maximum absolute atomic E-state index is 12.3. The molecule has 0 radical (unpaired) electrons. The Morgan fingerprint density at radius 3 is 2.56 bits per heavy atom. The van der Waals surface area contributed by atoms with E-state index >= 15 is 0 Å². The van der Waals surface area contributed by atoms with E-state index in [2.05, 4.69) is 0 Å². The van der Waals surface area contributed by atoms with E-state index in [4.69, 9.17) is 0 Å². The fraction of sp³-hybridized carbons (Fsp3) is 0.0714. The molecule has 90 valence electrons. The highest BCUT2D eigenvalue weighted by Crippen LogP contribution is 2.21. The van der Waals surface area contributed by atoms with Gasteiger partial charge in [0, 0.05) is 5.56 Å². The molecule has 1 N–H and O–H groups in total. The van der Waals surface area contributed by atoms with Gasteiger partial charge in [0.1, 0.15) is 0 Å². The highest BCUT2D eigenvalue weighted by atomic mass is 32.1. The van der Waals surface area contributed by atoms with Crippen LogP contribution in [-0.4, -0.2) is 9.06 Å². The number of hydrogen-bond acceptors (Lipinski definition) is 3. The Labute approximate surface area is 108 Å². The molecular weight excluding hydrogens is 246 g/mol. The summed E-state index contributed by atoms with van der Waals surface area (Å²) in [4.78, 5) is 12.3. The number of rotatable bonds is 2. The first-order valence-electron chi connectivity index (χ1n) is 5.61. The Morgan fingerprint density at radius 1 is 1.06 bits per heavy atom. The highest BCUT2D eigenvalue weighted by Gasteiger charge is 2.10. The molecule has 3 rings (SSSR count). The van der Waals surface area contributed by atoms with Crippen molar-refractivity contribution in [2.75, 3.05) is 0 Å². The zero-order valence-corrected chi connectivity index (χ0v) is 10.4. The number of nitrogens with zero attached hydrogens (tertiary/aromatic N) is 1. The first kappa shape index (κ1) is 11.2. The van der Waals surface area contributed by atoms with Gasteiger partial charge in [-0.25, -0.2) is 3.96 Å². The summed E-state index contributed by atoms with van der Waals surface area (Å²) in [6.45, 7) is -0.0726. The quantitative estimate of drug-likeness (QED) is 0.766.